The molecule has 1 aromatic rings. The van der Waals surface area contributed by atoms with E-state index in [4.69, 9.17) is 11.6 Å². The van der Waals surface area contributed by atoms with Gasteiger partial charge in [0.25, 0.3) is 5.91 Å². The number of nitrogens with zero attached hydrogens (tertiary/aromatic N) is 2. The molecule has 0 spiro atoms. The van der Waals surface area contributed by atoms with Gasteiger partial charge in [0.15, 0.2) is 0 Å². The number of amides is 3. The fourth-order valence-electron chi connectivity index (χ4n) is 3.74. The number of halogens is 1. The molecule has 3 rings (SSSR count). The van der Waals surface area contributed by atoms with Crippen molar-refractivity contribution in [3.05, 3.63) is 30.3 Å². The van der Waals surface area contributed by atoms with Gasteiger partial charge in [-0.25, -0.2) is 4.90 Å². The summed E-state index contributed by atoms with van der Waals surface area (Å²) in [5.74, 6) is -1.01. The Labute approximate surface area is 146 Å². The van der Waals surface area contributed by atoms with Crippen LogP contribution in [0.25, 0.3) is 0 Å². The lowest BCUT2D eigenvalue weighted by Gasteiger charge is -2.37. The Bertz CT molecular complexity index is 628. The molecule has 5 nitrogen and oxygen atoms in total. The molecular weight excluding hydrogens is 328 g/mol. The number of hydrogen-bond donors (Lipinski definition) is 0. The number of alkyl halides is 1. The summed E-state index contributed by atoms with van der Waals surface area (Å²) in [5.41, 5.74) is 0.553. The van der Waals surface area contributed by atoms with Crippen LogP contribution in [0, 0.1) is 0 Å². The van der Waals surface area contributed by atoms with Gasteiger partial charge < -0.3 is 4.90 Å². The second-order valence-corrected chi connectivity index (χ2v) is 6.62. The molecule has 0 N–H and O–H groups in total. The Morgan fingerprint density at radius 2 is 1.79 bits per heavy atom. The van der Waals surface area contributed by atoms with Crippen molar-refractivity contribution in [2.45, 2.75) is 50.6 Å². The third-order valence-electron chi connectivity index (χ3n) is 4.84. The van der Waals surface area contributed by atoms with Crippen LogP contribution in [0.5, 0.6) is 0 Å². The lowest BCUT2D eigenvalue weighted by atomic mass is 9.92. The Morgan fingerprint density at radius 3 is 2.42 bits per heavy atom. The molecule has 6 heteroatoms. The van der Waals surface area contributed by atoms with Crippen LogP contribution in [0.2, 0.25) is 0 Å². The van der Waals surface area contributed by atoms with Crippen molar-refractivity contribution in [3.8, 4) is 0 Å². The summed E-state index contributed by atoms with van der Waals surface area (Å²) in [6, 6.07) is 8.13. The molecule has 0 unspecified atom stereocenters. The predicted octanol–water partition coefficient (Wildman–Crippen LogP) is 2.72. The van der Waals surface area contributed by atoms with E-state index in [0.29, 0.717) is 5.69 Å². The minimum atomic E-state index is -0.730. The van der Waals surface area contributed by atoms with Crippen LogP contribution in [-0.4, -0.2) is 40.6 Å². The predicted molar refractivity (Wildman–Crippen MR) is 91.8 cm³/mol. The molecule has 1 saturated heterocycles. The number of carbonyl (C=O) groups excluding carboxylic acids is 3. The minimum Gasteiger partial charge on any atom is -0.326 e. The Kier molecular flexibility index (Phi) is 5.19. The van der Waals surface area contributed by atoms with Crippen molar-refractivity contribution in [2.24, 2.45) is 0 Å². The van der Waals surface area contributed by atoms with E-state index in [1.54, 1.807) is 29.2 Å². The molecule has 1 heterocycles. The Hall–Kier alpha value is -1.88. The van der Waals surface area contributed by atoms with E-state index in [2.05, 4.69) is 0 Å². The minimum absolute atomic E-state index is 0.00229. The van der Waals surface area contributed by atoms with E-state index in [0.717, 1.165) is 32.1 Å². The number of anilines is 1. The Balaban J connectivity index is 1.87. The van der Waals surface area contributed by atoms with Crippen LogP contribution in [-0.2, 0) is 14.4 Å². The molecular formula is C18H21ClN2O3. The molecule has 1 aromatic carbocycles. The quantitative estimate of drug-likeness (QED) is 0.621. The normalized spacial score (nSPS) is 22.0. The summed E-state index contributed by atoms with van der Waals surface area (Å²) in [7, 11) is 0. The first kappa shape index (κ1) is 17.0. The lowest BCUT2D eigenvalue weighted by molar-refractivity contribution is -0.139. The molecule has 1 aliphatic heterocycles. The van der Waals surface area contributed by atoms with Gasteiger partial charge in [-0.05, 0) is 25.0 Å². The van der Waals surface area contributed by atoms with Gasteiger partial charge in [0.2, 0.25) is 11.8 Å². The first-order valence-electron chi connectivity index (χ1n) is 8.42. The third kappa shape index (κ3) is 3.18. The zero-order valence-electron chi connectivity index (χ0n) is 13.5. The average Bonchev–Trinajstić information content (AvgIpc) is 2.91. The topological polar surface area (TPSA) is 57.7 Å². The molecule has 1 saturated carbocycles. The van der Waals surface area contributed by atoms with Gasteiger partial charge in [0.05, 0.1) is 12.1 Å². The summed E-state index contributed by atoms with van der Waals surface area (Å²) >= 11 is 5.78. The van der Waals surface area contributed by atoms with Crippen molar-refractivity contribution < 1.29 is 14.4 Å². The molecule has 0 radical (unpaired) electrons. The van der Waals surface area contributed by atoms with E-state index in [9.17, 15) is 14.4 Å². The zero-order chi connectivity index (χ0) is 17.1. The van der Waals surface area contributed by atoms with E-state index >= 15 is 0 Å². The number of benzene rings is 1. The molecule has 1 aliphatic carbocycles. The zero-order valence-corrected chi connectivity index (χ0v) is 14.2. The highest BCUT2D eigenvalue weighted by molar-refractivity contribution is 6.28. The molecule has 128 valence electrons. The van der Waals surface area contributed by atoms with Gasteiger partial charge in [-0.2, -0.15) is 0 Å². The molecule has 0 bridgehead atoms. The van der Waals surface area contributed by atoms with Crippen LogP contribution in [0.1, 0.15) is 38.5 Å². The Morgan fingerprint density at radius 1 is 1.12 bits per heavy atom. The summed E-state index contributed by atoms with van der Waals surface area (Å²) in [6.07, 6.45) is 4.99. The molecule has 1 atom stereocenters. The van der Waals surface area contributed by atoms with Gasteiger partial charge >= 0.3 is 0 Å². The summed E-state index contributed by atoms with van der Waals surface area (Å²) in [6.45, 7) is 0. The van der Waals surface area contributed by atoms with Gasteiger partial charge in [-0.15, -0.1) is 11.6 Å². The maximum atomic E-state index is 12.9. The maximum absolute atomic E-state index is 12.9. The number of hydrogen-bond acceptors (Lipinski definition) is 3. The summed E-state index contributed by atoms with van der Waals surface area (Å²) < 4.78 is 0. The van der Waals surface area contributed by atoms with Crippen LogP contribution >= 0.6 is 11.6 Å². The van der Waals surface area contributed by atoms with E-state index < -0.39 is 6.04 Å². The lowest BCUT2D eigenvalue weighted by Crippen LogP contribution is -2.51. The number of imide groups is 1. The SMILES string of the molecule is O=C1C[C@@H](N(C(=O)CCl)C2CCCCC2)C(=O)N1c1ccccc1. The fraction of sp³-hybridized carbons (Fsp3) is 0.500. The fourth-order valence-corrected chi connectivity index (χ4v) is 3.88. The molecule has 3 amide bonds. The van der Waals surface area contributed by atoms with Crippen LogP contribution in [0.3, 0.4) is 0 Å². The van der Waals surface area contributed by atoms with Gasteiger partial charge in [-0.1, -0.05) is 37.5 Å². The molecule has 2 fully saturated rings. The van der Waals surface area contributed by atoms with Crippen LogP contribution < -0.4 is 4.90 Å². The van der Waals surface area contributed by atoms with Gasteiger partial charge in [-0.3, -0.25) is 14.4 Å². The largest absolute Gasteiger partial charge is 0.326 e. The van der Waals surface area contributed by atoms with Crippen molar-refractivity contribution in [3.63, 3.8) is 0 Å². The maximum Gasteiger partial charge on any atom is 0.257 e. The molecule has 24 heavy (non-hydrogen) atoms. The average molecular weight is 349 g/mol. The van der Waals surface area contributed by atoms with Crippen molar-refractivity contribution in [2.75, 3.05) is 10.8 Å². The van der Waals surface area contributed by atoms with E-state index in [-0.39, 0.29) is 36.1 Å². The standard InChI is InChI=1S/C18H21ClN2O3/c19-12-17(23)20(13-7-3-1-4-8-13)15-11-16(22)21(18(15)24)14-9-5-2-6-10-14/h2,5-6,9-10,13,15H,1,3-4,7-8,11-12H2/t15-/m1/s1. The molecule has 0 aromatic heterocycles. The number of para-hydroxylation sites is 1. The van der Waals surface area contributed by atoms with Gasteiger partial charge in [0, 0.05) is 6.04 Å². The third-order valence-corrected chi connectivity index (χ3v) is 5.07. The van der Waals surface area contributed by atoms with Gasteiger partial charge in [0.1, 0.15) is 11.9 Å². The highest BCUT2D eigenvalue weighted by Crippen LogP contribution is 2.31. The van der Waals surface area contributed by atoms with Crippen LogP contribution in [0.15, 0.2) is 30.3 Å². The van der Waals surface area contributed by atoms with Crippen molar-refractivity contribution in [1.82, 2.24) is 4.90 Å². The van der Waals surface area contributed by atoms with Crippen molar-refractivity contribution in [1.29, 1.82) is 0 Å². The number of carbonyl (C=O) groups is 3. The smallest absolute Gasteiger partial charge is 0.257 e. The summed E-state index contributed by atoms with van der Waals surface area (Å²) in [5, 5.41) is 0. The second kappa shape index (κ2) is 7.34. The number of rotatable bonds is 4. The highest BCUT2D eigenvalue weighted by Gasteiger charge is 2.46. The highest BCUT2D eigenvalue weighted by atomic mass is 35.5. The van der Waals surface area contributed by atoms with Crippen LogP contribution in [0.4, 0.5) is 5.69 Å². The monoisotopic (exact) mass is 348 g/mol. The first-order chi connectivity index (χ1) is 11.6. The first-order valence-corrected chi connectivity index (χ1v) is 8.96. The van der Waals surface area contributed by atoms with E-state index in [1.807, 2.05) is 6.07 Å². The second-order valence-electron chi connectivity index (χ2n) is 6.35. The summed E-state index contributed by atoms with van der Waals surface area (Å²) in [4.78, 5) is 40.5. The van der Waals surface area contributed by atoms with E-state index in [1.165, 1.54) is 4.90 Å². The molecule has 2 aliphatic rings. The van der Waals surface area contributed by atoms with Crippen molar-refractivity contribution >= 4 is 35.0 Å².